The van der Waals surface area contributed by atoms with Gasteiger partial charge in [0.15, 0.2) is 10.7 Å². The minimum atomic E-state index is -1.22. The summed E-state index contributed by atoms with van der Waals surface area (Å²) in [5.41, 5.74) is 7.84. The van der Waals surface area contributed by atoms with Crippen LogP contribution in [0.3, 0.4) is 0 Å². The average molecular weight is 286 g/mol. The van der Waals surface area contributed by atoms with Crippen molar-refractivity contribution in [3.8, 4) is 0 Å². The first kappa shape index (κ1) is 12.6. The van der Waals surface area contributed by atoms with E-state index in [1.807, 2.05) is 30.3 Å². The number of aromatic carboxylic acids is 1. The summed E-state index contributed by atoms with van der Waals surface area (Å²) >= 11 is 0.908. The highest BCUT2D eigenvalue weighted by molar-refractivity contribution is 7.18. The largest absolute Gasteiger partial charge is 0.476 e. The van der Waals surface area contributed by atoms with Gasteiger partial charge in [-0.15, -0.1) is 0 Å². The summed E-state index contributed by atoms with van der Waals surface area (Å²) in [6, 6.07) is 7.63. The molecule has 0 fully saturated rings. The number of allylic oxidation sites excluding steroid dienone is 2. The molecule has 0 saturated carbocycles. The predicted octanol–water partition coefficient (Wildman–Crippen LogP) is 2.25. The van der Waals surface area contributed by atoms with Crippen LogP contribution in [0.15, 0.2) is 30.3 Å². The summed E-state index contributed by atoms with van der Waals surface area (Å²) in [7, 11) is 0. The Morgan fingerprint density at radius 2 is 2.05 bits per heavy atom. The van der Waals surface area contributed by atoms with Crippen LogP contribution < -0.4 is 5.73 Å². The zero-order chi connectivity index (χ0) is 14.3. The van der Waals surface area contributed by atoms with Crippen molar-refractivity contribution in [1.82, 2.24) is 4.98 Å². The summed E-state index contributed by atoms with van der Waals surface area (Å²) < 4.78 is 0. The maximum atomic E-state index is 12.4. The van der Waals surface area contributed by atoms with Crippen LogP contribution in [0, 0.1) is 0 Å². The predicted molar refractivity (Wildman–Crippen MR) is 75.9 cm³/mol. The van der Waals surface area contributed by atoms with E-state index in [0.717, 1.165) is 22.5 Å². The van der Waals surface area contributed by atoms with Gasteiger partial charge in [-0.1, -0.05) is 41.7 Å². The maximum absolute atomic E-state index is 12.4. The van der Waals surface area contributed by atoms with Crippen molar-refractivity contribution in [2.45, 2.75) is 6.42 Å². The molecule has 1 aromatic carbocycles. The van der Waals surface area contributed by atoms with Crippen molar-refractivity contribution < 1.29 is 14.7 Å². The van der Waals surface area contributed by atoms with E-state index >= 15 is 0 Å². The molecule has 0 unspecified atom stereocenters. The lowest BCUT2D eigenvalue weighted by Crippen LogP contribution is -2.04. The van der Waals surface area contributed by atoms with E-state index in [2.05, 4.69) is 4.98 Å². The third kappa shape index (κ3) is 1.90. The first-order valence-corrected chi connectivity index (χ1v) is 6.72. The molecule has 0 spiro atoms. The van der Waals surface area contributed by atoms with Gasteiger partial charge in [0.1, 0.15) is 5.00 Å². The van der Waals surface area contributed by atoms with E-state index < -0.39 is 5.97 Å². The molecule has 1 aromatic heterocycles. The number of anilines is 1. The number of carbonyl (C=O) groups is 2. The van der Waals surface area contributed by atoms with Gasteiger partial charge in [-0.3, -0.25) is 4.79 Å². The molecule has 20 heavy (non-hydrogen) atoms. The number of carboxylic acids is 1. The number of ketones is 1. The second-order valence-corrected chi connectivity index (χ2v) is 5.38. The molecule has 6 heteroatoms. The monoisotopic (exact) mass is 286 g/mol. The molecule has 0 bridgehead atoms. The van der Waals surface area contributed by atoms with Crippen LogP contribution in [-0.4, -0.2) is 21.8 Å². The molecule has 0 atom stereocenters. The average Bonchev–Trinajstić information content (AvgIpc) is 3.01. The third-order valence-corrected chi connectivity index (χ3v) is 4.01. The number of nitrogen functional groups attached to an aromatic ring is 1. The zero-order valence-corrected chi connectivity index (χ0v) is 11.1. The van der Waals surface area contributed by atoms with E-state index in [9.17, 15) is 9.59 Å². The molecule has 0 aliphatic heterocycles. The topological polar surface area (TPSA) is 93.3 Å². The highest BCUT2D eigenvalue weighted by Crippen LogP contribution is 2.32. The number of aromatic nitrogens is 1. The number of carbonyl (C=O) groups excluding carboxylic acids is 1. The molecule has 0 saturated heterocycles. The Morgan fingerprint density at radius 1 is 1.30 bits per heavy atom. The number of rotatable bonds is 3. The Kier molecular flexibility index (Phi) is 2.87. The summed E-state index contributed by atoms with van der Waals surface area (Å²) in [5.74, 6) is -1.50. The lowest BCUT2D eigenvalue weighted by molar-refractivity contribution is 0.0692. The number of Topliss-reactive ketones (excluding diaryl/α,β-unsaturated/α-hetero) is 1. The number of hydrogen-bond donors (Lipinski definition) is 2. The first-order valence-electron chi connectivity index (χ1n) is 5.90. The molecule has 5 nitrogen and oxygen atoms in total. The molecule has 100 valence electrons. The molecule has 1 heterocycles. The molecular weight excluding hydrogens is 276 g/mol. The van der Waals surface area contributed by atoms with Crippen molar-refractivity contribution in [2.75, 3.05) is 5.73 Å². The summed E-state index contributed by atoms with van der Waals surface area (Å²) in [4.78, 5) is 27.2. The molecule has 3 N–H and O–H groups in total. The summed E-state index contributed by atoms with van der Waals surface area (Å²) in [5, 5.41) is 9.08. The molecule has 0 radical (unpaired) electrons. The minimum Gasteiger partial charge on any atom is -0.476 e. The first-order chi connectivity index (χ1) is 9.58. The van der Waals surface area contributed by atoms with Gasteiger partial charge < -0.3 is 10.8 Å². The number of carboxylic acid groups (broad SMARTS) is 1. The minimum absolute atomic E-state index is 0.0488. The quantitative estimate of drug-likeness (QED) is 0.844. The highest BCUT2D eigenvalue weighted by atomic mass is 32.1. The van der Waals surface area contributed by atoms with Crippen molar-refractivity contribution in [2.24, 2.45) is 0 Å². The van der Waals surface area contributed by atoms with Gasteiger partial charge in [0.2, 0.25) is 5.78 Å². The second kappa shape index (κ2) is 4.57. The Morgan fingerprint density at radius 3 is 2.75 bits per heavy atom. The van der Waals surface area contributed by atoms with Crippen molar-refractivity contribution >= 4 is 33.7 Å². The van der Waals surface area contributed by atoms with Gasteiger partial charge in [0.25, 0.3) is 0 Å². The number of nitrogens with two attached hydrogens (primary N) is 1. The normalized spacial score (nSPS) is 12.9. The summed E-state index contributed by atoms with van der Waals surface area (Å²) in [6.07, 6.45) is 2.54. The molecule has 2 aromatic rings. The Balaban J connectivity index is 1.99. The van der Waals surface area contributed by atoms with Crippen molar-refractivity contribution in [3.63, 3.8) is 0 Å². The Labute approximate surface area is 118 Å². The summed E-state index contributed by atoms with van der Waals surface area (Å²) in [6.45, 7) is 0. The van der Waals surface area contributed by atoms with Crippen LogP contribution in [-0.2, 0) is 6.42 Å². The standard InChI is InChI=1S/C14H10N2O3S/c15-12-10(14(18)19)16-13(20-12)11(17)9-6-5-7-3-1-2-4-8(7)9/h1-4,6H,5,15H2,(H,18,19). The van der Waals surface area contributed by atoms with Crippen LogP contribution in [0.2, 0.25) is 0 Å². The molecule has 0 amide bonds. The number of nitrogens with zero attached hydrogens (tertiary/aromatic N) is 1. The zero-order valence-electron chi connectivity index (χ0n) is 10.3. The van der Waals surface area contributed by atoms with Crippen molar-refractivity contribution in [1.29, 1.82) is 0 Å². The fourth-order valence-electron chi connectivity index (χ4n) is 2.20. The van der Waals surface area contributed by atoms with Crippen LogP contribution in [0.5, 0.6) is 0 Å². The van der Waals surface area contributed by atoms with E-state index in [1.165, 1.54) is 0 Å². The maximum Gasteiger partial charge on any atom is 0.357 e. The van der Waals surface area contributed by atoms with E-state index in [0.29, 0.717) is 12.0 Å². The highest BCUT2D eigenvalue weighted by Gasteiger charge is 2.25. The smallest absolute Gasteiger partial charge is 0.357 e. The van der Waals surface area contributed by atoms with Gasteiger partial charge in [-0.05, 0) is 17.5 Å². The Bertz CT molecular complexity index is 762. The fraction of sp³-hybridized carbons (Fsp3) is 0.0714. The van der Waals surface area contributed by atoms with Crippen LogP contribution in [0.4, 0.5) is 5.00 Å². The molecule has 1 aliphatic rings. The fourth-order valence-corrected chi connectivity index (χ4v) is 2.97. The Hall–Kier alpha value is -2.47. The van der Waals surface area contributed by atoms with Crippen LogP contribution in [0.1, 0.15) is 31.4 Å². The van der Waals surface area contributed by atoms with Crippen LogP contribution in [0.25, 0.3) is 5.57 Å². The number of hydrogen-bond acceptors (Lipinski definition) is 5. The third-order valence-electron chi connectivity index (χ3n) is 3.13. The van der Waals surface area contributed by atoms with Gasteiger partial charge in [-0.25, -0.2) is 9.78 Å². The van der Waals surface area contributed by atoms with Gasteiger partial charge >= 0.3 is 5.97 Å². The molecule has 1 aliphatic carbocycles. The number of fused-ring (bicyclic) bond motifs is 1. The van der Waals surface area contributed by atoms with Gasteiger partial charge in [0, 0.05) is 5.57 Å². The second-order valence-electron chi connectivity index (χ2n) is 4.35. The SMILES string of the molecule is Nc1sc(C(=O)C2=CCc3ccccc32)nc1C(=O)O. The van der Waals surface area contributed by atoms with Gasteiger partial charge in [0.05, 0.1) is 0 Å². The van der Waals surface area contributed by atoms with Gasteiger partial charge in [-0.2, -0.15) is 0 Å². The number of thiazole rings is 1. The molecular formula is C14H10N2O3S. The van der Waals surface area contributed by atoms with Crippen LogP contribution >= 0.6 is 11.3 Å². The number of benzene rings is 1. The van der Waals surface area contributed by atoms with E-state index in [1.54, 1.807) is 0 Å². The lowest BCUT2D eigenvalue weighted by Gasteiger charge is -2.02. The van der Waals surface area contributed by atoms with Crippen molar-refractivity contribution in [3.05, 3.63) is 52.2 Å². The van der Waals surface area contributed by atoms with E-state index in [-0.39, 0.29) is 21.5 Å². The molecule has 3 rings (SSSR count). The van der Waals surface area contributed by atoms with E-state index in [4.69, 9.17) is 10.8 Å². The lowest BCUT2D eigenvalue weighted by atomic mass is 10.0.